The van der Waals surface area contributed by atoms with Crippen molar-refractivity contribution in [3.63, 3.8) is 0 Å². The summed E-state index contributed by atoms with van der Waals surface area (Å²) < 4.78 is 1.71. The molecule has 0 atom stereocenters. The number of benzene rings is 1. The summed E-state index contributed by atoms with van der Waals surface area (Å²) in [6, 6.07) is 10.0. The highest BCUT2D eigenvalue weighted by Crippen LogP contribution is 2.19. The van der Waals surface area contributed by atoms with E-state index in [1.807, 2.05) is 37.3 Å². The van der Waals surface area contributed by atoms with E-state index in [1.165, 1.54) is 6.20 Å². The van der Waals surface area contributed by atoms with Crippen LogP contribution in [0.25, 0.3) is 10.9 Å². The van der Waals surface area contributed by atoms with Crippen molar-refractivity contribution in [3.05, 3.63) is 59.5 Å². The lowest BCUT2D eigenvalue weighted by molar-refractivity contribution is 0.1000. The van der Waals surface area contributed by atoms with Gasteiger partial charge in [-0.25, -0.2) is 0 Å². The van der Waals surface area contributed by atoms with Crippen molar-refractivity contribution in [1.29, 1.82) is 0 Å². The minimum atomic E-state index is -0.466. The molecule has 2 heterocycles. The Morgan fingerprint density at radius 3 is 2.90 bits per heavy atom. The van der Waals surface area contributed by atoms with Gasteiger partial charge in [-0.3, -0.25) is 14.5 Å². The molecule has 0 unspecified atom stereocenters. The molecule has 3 aromatic rings. The molecule has 0 fully saturated rings. The summed E-state index contributed by atoms with van der Waals surface area (Å²) in [6.45, 7) is 2.55. The zero-order chi connectivity index (χ0) is 14.1. The monoisotopic (exact) mass is 266 g/mol. The fraction of sp³-hybridized carbons (Fsp3) is 0.133. The van der Waals surface area contributed by atoms with Crippen molar-refractivity contribution in [2.75, 3.05) is 0 Å². The molecule has 5 nitrogen and oxygen atoms in total. The normalized spacial score (nSPS) is 10.8. The number of nitrogens with two attached hydrogens (primary N) is 1. The Morgan fingerprint density at radius 1 is 1.35 bits per heavy atom. The lowest BCUT2D eigenvalue weighted by atomic mass is 10.1. The van der Waals surface area contributed by atoms with Gasteiger partial charge in [-0.15, -0.1) is 0 Å². The molecule has 20 heavy (non-hydrogen) atoms. The van der Waals surface area contributed by atoms with Crippen LogP contribution < -0.4 is 5.73 Å². The smallest absolute Gasteiger partial charge is 0.251 e. The zero-order valence-electron chi connectivity index (χ0n) is 11.1. The van der Waals surface area contributed by atoms with Gasteiger partial charge >= 0.3 is 0 Å². The first kappa shape index (κ1) is 12.3. The first-order chi connectivity index (χ1) is 9.63. The summed E-state index contributed by atoms with van der Waals surface area (Å²) in [4.78, 5) is 15.6. The van der Waals surface area contributed by atoms with Crippen LogP contribution in [0.2, 0.25) is 0 Å². The summed E-state index contributed by atoms with van der Waals surface area (Å²) in [5, 5.41) is 5.26. The Bertz CT molecular complexity index is 791. The van der Waals surface area contributed by atoms with Gasteiger partial charge in [-0.2, -0.15) is 5.10 Å². The van der Waals surface area contributed by atoms with Gasteiger partial charge in [0.15, 0.2) is 0 Å². The quantitative estimate of drug-likeness (QED) is 0.786. The minimum Gasteiger partial charge on any atom is -0.366 e. The number of hydrogen-bond acceptors (Lipinski definition) is 3. The van der Waals surface area contributed by atoms with Gasteiger partial charge in [-0.1, -0.05) is 18.2 Å². The molecule has 100 valence electrons. The Morgan fingerprint density at radius 2 is 2.15 bits per heavy atom. The number of amides is 1. The third kappa shape index (κ3) is 2.25. The van der Waals surface area contributed by atoms with E-state index in [2.05, 4.69) is 10.1 Å². The van der Waals surface area contributed by atoms with E-state index >= 15 is 0 Å². The number of rotatable bonds is 3. The van der Waals surface area contributed by atoms with Crippen LogP contribution >= 0.6 is 0 Å². The van der Waals surface area contributed by atoms with Crippen LogP contribution in [-0.2, 0) is 6.54 Å². The molecular formula is C15H14N4O. The zero-order valence-corrected chi connectivity index (χ0v) is 11.1. The fourth-order valence-electron chi connectivity index (χ4n) is 2.28. The van der Waals surface area contributed by atoms with Crippen molar-refractivity contribution < 1.29 is 4.79 Å². The van der Waals surface area contributed by atoms with Crippen LogP contribution in [0.1, 0.15) is 21.6 Å². The second-order valence-corrected chi connectivity index (χ2v) is 4.73. The standard InChI is InChI=1S/C15H14N4O/c1-10-6-11(13-4-2-3-5-14(13)18-10)8-19-9-12(7-17-19)15(16)20/h2-7,9H,8H2,1H3,(H2,16,20). The highest BCUT2D eigenvalue weighted by atomic mass is 16.1. The lowest BCUT2D eigenvalue weighted by Crippen LogP contribution is -2.09. The van der Waals surface area contributed by atoms with Gasteiger partial charge in [-0.05, 0) is 24.6 Å². The Balaban J connectivity index is 2.03. The molecule has 0 aliphatic carbocycles. The number of nitrogens with zero attached hydrogens (tertiary/aromatic N) is 3. The third-order valence-corrected chi connectivity index (χ3v) is 3.18. The van der Waals surface area contributed by atoms with E-state index in [-0.39, 0.29) is 0 Å². The van der Waals surface area contributed by atoms with Crippen LogP contribution in [0, 0.1) is 6.92 Å². The van der Waals surface area contributed by atoms with Crippen LogP contribution in [0.5, 0.6) is 0 Å². The van der Waals surface area contributed by atoms with Crippen LogP contribution in [0.3, 0.4) is 0 Å². The van der Waals surface area contributed by atoms with Crippen molar-refractivity contribution in [2.45, 2.75) is 13.5 Å². The highest BCUT2D eigenvalue weighted by Gasteiger charge is 2.07. The fourth-order valence-corrected chi connectivity index (χ4v) is 2.28. The van der Waals surface area contributed by atoms with Crippen molar-refractivity contribution in [2.24, 2.45) is 5.73 Å². The predicted octanol–water partition coefficient (Wildman–Crippen LogP) is 1.89. The third-order valence-electron chi connectivity index (χ3n) is 3.18. The molecule has 3 rings (SSSR count). The highest BCUT2D eigenvalue weighted by molar-refractivity contribution is 5.92. The van der Waals surface area contributed by atoms with E-state index < -0.39 is 5.91 Å². The molecule has 0 aliphatic heterocycles. The number of hydrogen-bond donors (Lipinski definition) is 1. The average molecular weight is 266 g/mol. The van der Waals surface area contributed by atoms with Gasteiger partial charge < -0.3 is 5.73 Å². The number of carbonyl (C=O) groups excluding carboxylic acids is 1. The number of primary amides is 1. The van der Waals surface area contributed by atoms with Crippen LogP contribution in [0.15, 0.2) is 42.7 Å². The molecule has 5 heteroatoms. The molecule has 0 saturated carbocycles. The molecule has 0 saturated heterocycles. The Hall–Kier alpha value is -2.69. The summed E-state index contributed by atoms with van der Waals surface area (Å²) in [6.07, 6.45) is 3.14. The van der Waals surface area contributed by atoms with Gasteiger partial charge in [0, 0.05) is 17.3 Å². The van der Waals surface area contributed by atoms with Gasteiger partial charge in [0.25, 0.3) is 5.91 Å². The summed E-state index contributed by atoms with van der Waals surface area (Å²) in [5.41, 5.74) is 8.69. The number of para-hydroxylation sites is 1. The topological polar surface area (TPSA) is 73.8 Å². The summed E-state index contributed by atoms with van der Waals surface area (Å²) >= 11 is 0. The maximum absolute atomic E-state index is 11.1. The number of aromatic nitrogens is 3. The SMILES string of the molecule is Cc1cc(Cn2cc(C(N)=O)cn2)c2ccccc2n1. The van der Waals surface area contributed by atoms with E-state index in [4.69, 9.17) is 5.73 Å². The molecule has 0 spiro atoms. The largest absolute Gasteiger partial charge is 0.366 e. The van der Waals surface area contributed by atoms with E-state index in [9.17, 15) is 4.79 Å². The average Bonchev–Trinajstić information content (AvgIpc) is 2.87. The minimum absolute atomic E-state index is 0.417. The molecule has 0 radical (unpaired) electrons. The number of pyridine rings is 1. The number of fused-ring (bicyclic) bond motifs is 1. The number of carbonyl (C=O) groups is 1. The molecule has 0 aliphatic rings. The van der Waals surface area contributed by atoms with Gasteiger partial charge in [0.2, 0.25) is 0 Å². The van der Waals surface area contributed by atoms with Gasteiger partial charge in [0.1, 0.15) is 0 Å². The molecular weight excluding hydrogens is 252 g/mol. The van der Waals surface area contributed by atoms with Crippen molar-refractivity contribution in [1.82, 2.24) is 14.8 Å². The molecule has 1 aromatic carbocycles. The second-order valence-electron chi connectivity index (χ2n) is 4.73. The first-order valence-corrected chi connectivity index (χ1v) is 6.31. The number of aryl methyl sites for hydroxylation is 1. The lowest BCUT2D eigenvalue weighted by Gasteiger charge is -2.08. The maximum Gasteiger partial charge on any atom is 0.251 e. The second kappa shape index (κ2) is 4.77. The summed E-state index contributed by atoms with van der Waals surface area (Å²) in [7, 11) is 0. The van der Waals surface area contributed by atoms with Crippen molar-refractivity contribution in [3.8, 4) is 0 Å². The Labute approximate surface area is 116 Å². The maximum atomic E-state index is 11.1. The van der Waals surface area contributed by atoms with E-state index in [0.29, 0.717) is 12.1 Å². The van der Waals surface area contributed by atoms with E-state index in [1.54, 1.807) is 10.9 Å². The van der Waals surface area contributed by atoms with E-state index in [0.717, 1.165) is 22.2 Å². The summed E-state index contributed by atoms with van der Waals surface area (Å²) in [5.74, 6) is -0.466. The van der Waals surface area contributed by atoms with Crippen LogP contribution in [-0.4, -0.2) is 20.7 Å². The molecule has 2 N–H and O–H groups in total. The Kier molecular flexibility index (Phi) is 2.95. The molecule has 0 bridgehead atoms. The van der Waals surface area contributed by atoms with Crippen LogP contribution in [0.4, 0.5) is 0 Å². The predicted molar refractivity (Wildman–Crippen MR) is 76.3 cm³/mol. The van der Waals surface area contributed by atoms with Crippen molar-refractivity contribution >= 4 is 16.8 Å². The first-order valence-electron chi connectivity index (χ1n) is 6.31. The van der Waals surface area contributed by atoms with Gasteiger partial charge in [0.05, 0.1) is 23.8 Å². The molecule has 1 amide bonds. The molecule has 2 aromatic heterocycles.